The second-order valence-electron chi connectivity index (χ2n) is 3.16. The molecule has 1 aliphatic carbocycles. The molecule has 0 atom stereocenters. The molecule has 0 spiro atoms. The number of hydrogen-bond donors (Lipinski definition) is 0. The zero-order chi connectivity index (χ0) is 8.27. The molecule has 1 rings (SSSR count). The summed E-state index contributed by atoms with van der Waals surface area (Å²) in [6.45, 7) is 6.53. The molecule has 0 aromatic rings. The second-order valence-corrected chi connectivity index (χ2v) is 3.16. The predicted octanol–water partition coefficient (Wildman–Crippen LogP) is 3.62. The molecule has 11 heavy (non-hydrogen) atoms. The maximum Gasteiger partial charge on any atom is -0.0265 e. The lowest BCUT2D eigenvalue weighted by Gasteiger charge is -1.95. The monoisotopic (exact) mass is 148 g/mol. The molecular formula is C11H16. The van der Waals surface area contributed by atoms with Crippen LogP contribution in [0, 0.1) is 0 Å². The Morgan fingerprint density at radius 1 is 1.27 bits per heavy atom. The Morgan fingerprint density at radius 2 is 2.00 bits per heavy atom. The van der Waals surface area contributed by atoms with E-state index < -0.39 is 0 Å². The van der Waals surface area contributed by atoms with Crippen LogP contribution in [0.4, 0.5) is 0 Å². The van der Waals surface area contributed by atoms with Crippen LogP contribution >= 0.6 is 0 Å². The van der Waals surface area contributed by atoms with Crippen LogP contribution in [-0.4, -0.2) is 0 Å². The van der Waals surface area contributed by atoms with Gasteiger partial charge in [0, 0.05) is 0 Å². The number of hydrogen-bond acceptors (Lipinski definition) is 0. The Bertz CT molecular complexity index is 226. The molecule has 0 nitrogen and oxygen atoms in total. The van der Waals surface area contributed by atoms with Crippen molar-refractivity contribution in [3.63, 3.8) is 0 Å². The van der Waals surface area contributed by atoms with Gasteiger partial charge in [0.2, 0.25) is 0 Å². The first-order chi connectivity index (χ1) is 5.24. The molecule has 0 aromatic heterocycles. The van der Waals surface area contributed by atoms with Gasteiger partial charge in [-0.25, -0.2) is 0 Å². The minimum atomic E-state index is 1.20. The summed E-state index contributed by atoms with van der Waals surface area (Å²) in [6, 6.07) is 0. The number of rotatable bonds is 2. The molecule has 0 radical (unpaired) electrons. The maximum absolute atomic E-state index is 2.32. The van der Waals surface area contributed by atoms with Crippen LogP contribution in [0.25, 0.3) is 0 Å². The molecule has 0 fully saturated rings. The summed E-state index contributed by atoms with van der Waals surface area (Å²) >= 11 is 0. The molecule has 0 saturated carbocycles. The summed E-state index contributed by atoms with van der Waals surface area (Å²) in [5, 5.41) is 0. The number of allylic oxidation sites excluding steroid dienone is 6. The average molecular weight is 148 g/mol. The highest BCUT2D eigenvalue weighted by Gasteiger charge is 2.03. The van der Waals surface area contributed by atoms with Gasteiger partial charge in [-0.05, 0) is 31.4 Å². The van der Waals surface area contributed by atoms with E-state index in [0.717, 1.165) is 0 Å². The molecule has 60 valence electrons. The first-order valence-electron chi connectivity index (χ1n) is 4.31. The molecule has 0 bridgehead atoms. The van der Waals surface area contributed by atoms with Gasteiger partial charge in [-0.1, -0.05) is 37.1 Å². The van der Waals surface area contributed by atoms with Crippen LogP contribution in [-0.2, 0) is 0 Å². The fraction of sp³-hybridized carbons (Fsp3) is 0.455. The van der Waals surface area contributed by atoms with E-state index in [-0.39, 0.29) is 0 Å². The van der Waals surface area contributed by atoms with Crippen molar-refractivity contribution in [2.45, 2.75) is 33.6 Å². The van der Waals surface area contributed by atoms with Crippen LogP contribution < -0.4 is 0 Å². The Labute approximate surface area is 69.3 Å². The van der Waals surface area contributed by atoms with Gasteiger partial charge < -0.3 is 0 Å². The standard InChI is InChI=1S/C11H16/c1-4-5-6-11-8-9(2)7-10(11)3/h6-8H,4-5H2,1-3H3. The van der Waals surface area contributed by atoms with E-state index in [0.29, 0.717) is 0 Å². The summed E-state index contributed by atoms with van der Waals surface area (Å²) in [4.78, 5) is 0. The quantitative estimate of drug-likeness (QED) is 0.561. The third-order valence-electron chi connectivity index (χ3n) is 1.94. The van der Waals surface area contributed by atoms with Crippen molar-refractivity contribution >= 4 is 0 Å². The second kappa shape index (κ2) is 3.56. The van der Waals surface area contributed by atoms with E-state index >= 15 is 0 Å². The van der Waals surface area contributed by atoms with Crippen LogP contribution in [0.5, 0.6) is 0 Å². The van der Waals surface area contributed by atoms with Gasteiger partial charge in [-0.15, -0.1) is 0 Å². The zero-order valence-electron chi connectivity index (χ0n) is 7.65. The van der Waals surface area contributed by atoms with Crippen molar-refractivity contribution in [2.24, 2.45) is 0 Å². The highest BCUT2D eigenvalue weighted by molar-refractivity contribution is 5.50. The lowest BCUT2D eigenvalue weighted by atomic mass is 10.1. The first-order valence-corrected chi connectivity index (χ1v) is 4.31. The molecule has 0 heteroatoms. The fourth-order valence-corrected chi connectivity index (χ4v) is 1.35. The SMILES string of the molecule is CCCC=C1C=C(C)C=C1C. The Kier molecular flexibility index (Phi) is 2.70. The highest BCUT2D eigenvalue weighted by Crippen LogP contribution is 2.22. The van der Waals surface area contributed by atoms with Crippen molar-refractivity contribution in [1.29, 1.82) is 0 Å². The molecule has 0 aromatic carbocycles. The summed E-state index contributed by atoms with van der Waals surface area (Å²) in [7, 11) is 0. The smallest absolute Gasteiger partial charge is 0.0265 e. The molecule has 0 unspecified atom stereocenters. The predicted molar refractivity (Wildman–Crippen MR) is 50.5 cm³/mol. The van der Waals surface area contributed by atoms with E-state index in [1.54, 1.807) is 0 Å². The van der Waals surface area contributed by atoms with Crippen LogP contribution in [0.15, 0.2) is 34.9 Å². The first kappa shape index (κ1) is 8.32. The lowest BCUT2D eigenvalue weighted by Crippen LogP contribution is -1.75. The van der Waals surface area contributed by atoms with Gasteiger partial charge in [0.15, 0.2) is 0 Å². The van der Waals surface area contributed by atoms with Gasteiger partial charge in [0.25, 0.3) is 0 Å². The highest BCUT2D eigenvalue weighted by atomic mass is 14.1. The van der Waals surface area contributed by atoms with E-state index in [9.17, 15) is 0 Å². The third-order valence-corrected chi connectivity index (χ3v) is 1.94. The van der Waals surface area contributed by atoms with Gasteiger partial charge in [0.1, 0.15) is 0 Å². The largest absolute Gasteiger partial charge is 0.0770 e. The van der Waals surface area contributed by atoms with E-state index in [4.69, 9.17) is 0 Å². The van der Waals surface area contributed by atoms with Gasteiger partial charge >= 0.3 is 0 Å². The Hall–Kier alpha value is -0.780. The molecular weight excluding hydrogens is 132 g/mol. The van der Waals surface area contributed by atoms with Crippen LogP contribution in [0.1, 0.15) is 33.6 Å². The van der Waals surface area contributed by atoms with E-state index in [2.05, 4.69) is 39.0 Å². The topological polar surface area (TPSA) is 0 Å². The van der Waals surface area contributed by atoms with E-state index in [1.165, 1.54) is 29.6 Å². The van der Waals surface area contributed by atoms with E-state index in [1.807, 2.05) is 0 Å². The minimum absolute atomic E-state index is 1.20. The zero-order valence-corrected chi connectivity index (χ0v) is 7.65. The van der Waals surface area contributed by atoms with Crippen molar-refractivity contribution in [1.82, 2.24) is 0 Å². The van der Waals surface area contributed by atoms with Crippen molar-refractivity contribution < 1.29 is 0 Å². The van der Waals surface area contributed by atoms with Gasteiger partial charge in [-0.3, -0.25) is 0 Å². The lowest BCUT2D eigenvalue weighted by molar-refractivity contribution is 0.953. The molecule has 1 aliphatic rings. The van der Waals surface area contributed by atoms with Crippen LogP contribution in [0.3, 0.4) is 0 Å². The molecule has 0 saturated heterocycles. The maximum atomic E-state index is 2.32. The van der Waals surface area contributed by atoms with Gasteiger partial charge in [0.05, 0.1) is 0 Å². The van der Waals surface area contributed by atoms with Crippen molar-refractivity contribution in [2.75, 3.05) is 0 Å². The molecule has 0 aliphatic heterocycles. The third kappa shape index (κ3) is 2.07. The van der Waals surface area contributed by atoms with Crippen molar-refractivity contribution in [3.05, 3.63) is 34.9 Å². The summed E-state index contributed by atoms with van der Waals surface area (Å²) in [5.74, 6) is 0. The normalized spacial score (nSPS) is 20.5. The average Bonchev–Trinajstić information content (AvgIpc) is 2.26. The molecule has 0 amide bonds. The Morgan fingerprint density at radius 3 is 2.45 bits per heavy atom. The summed E-state index contributed by atoms with van der Waals surface area (Å²) in [5.41, 5.74) is 4.21. The minimum Gasteiger partial charge on any atom is -0.0770 e. The number of unbranched alkanes of at least 4 members (excludes halogenated alkanes) is 1. The molecule has 0 N–H and O–H groups in total. The summed E-state index contributed by atoms with van der Waals surface area (Å²) < 4.78 is 0. The Balaban J connectivity index is 2.69. The van der Waals surface area contributed by atoms with Gasteiger partial charge in [-0.2, -0.15) is 0 Å². The fourth-order valence-electron chi connectivity index (χ4n) is 1.35. The van der Waals surface area contributed by atoms with Crippen molar-refractivity contribution in [3.8, 4) is 0 Å². The molecule has 0 heterocycles. The summed E-state index contributed by atoms with van der Waals surface area (Å²) in [6.07, 6.45) is 9.25. The van der Waals surface area contributed by atoms with Crippen LogP contribution in [0.2, 0.25) is 0 Å².